The van der Waals surface area contributed by atoms with Crippen molar-refractivity contribution in [3.63, 3.8) is 0 Å². The monoisotopic (exact) mass is 343 g/mol. The Bertz CT molecular complexity index is 708. The fourth-order valence-corrected chi connectivity index (χ4v) is 5.01. The number of hydrogen-bond acceptors (Lipinski definition) is 3. The van der Waals surface area contributed by atoms with Gasteiger partial charge in [0.15, 0.2) is 0 Å². The largest absolute Gasteiger partial charge is 0.353 e. The van der Waals surface area contributed by atoms with Crippen molar-refractivity contribution < 1.29 is 4.79 Å². The number of amides is 1. The molecule has 0 saturated carbocycles. The topological polar surface area (TPSA) is 28.5 Å². The SMILES string of the molecule is Cn1cccc1CN1CCC2(CCCN(C(=O)c3cccs3)C2)C1. The Morgan fingerprint density at radius 3 is 2.88 bits per heavy atom. The summed E-state index contributed by atoms with van der Waals surface area (Å²) in [5.74, 6) is 0.227. The lowest BCUT2D eigenvalue weighted by molar-refractivity contribution is 0.0531. The van der Waals surface area contributed by atoms with Crippen LogP contribution in [0.25, 0.3) is 0 Å². The van der Waals surface area contributed by atoms with Crippen LogP contribution < -0.4 is 0 Å². The second kappa shape index (κ2) is 6.37. The van der Waals surface area contributed by atoms with Gasteiger partial charge >= 0.3 is 0 Å². The van der Waals surface area contributed by atoms with Gasteiger partial charge in [-0.3, -0.25) is 9.69 Å². The highest BCUT2D eigenvalue weighted by atomic mass is 32.1. The molecule has 1 spiro atoms. The van der Waals surface area contributed by atoms with Crippen LogP contribution in [0.3, 0.4) is 0 Å². The zero-order valence-electron chi connectivity index (χ0n) is 14.3. The van der Waals surface area contributed by atoms with Gasteiger partial charge in [-0.15, -0.1) is 11.3 Å². The first-order chi connectivity index (χ1) is 11.7. The molecule has 0 aromatic carbocycles. The molecule has 128 valence electrons. The maximum Gasteiger partial charge on any atom is 0.263 e. The molecule has 4 nitrogen and oxygen atoms in total. The normalized spacial score (nSPS) is 24.8. The van der Waals surface area contributed by atoms with Crippen molar-refractivity contribution >= 4 is 17.2 Å². The molecule has 2 aliphatic heterocycles. The van der Waals surface area contributed by atoms with Crippen molar-refractivity contribution in [2.75, 3.05) is 26.2 Å². The summed E-state index contributed by atoms with van der Waals surface area (Å²) >= 11 is 1.56. The Balaban J connectivity index is 1.42. The standard InChI is InChI=1S/C19H25N3OS/c1-20-9-2-5-16(20)13-21-11-8-19(14-21)7-4-10-22(15-19)18(23)17-6-3-12-24-17/h2-3,5-6,9,12H,4,7-8,10-11,13-15H2,1H3. The van der Waals surface area contributed by atoms with Gasteiger partial charge in [0, 0.05) is 50.5 Å². The molecule has 24 heavy (non-hydrogen) atoms. The molecule has 0 radical (unpaired) electrons. The Kier molecular flexibility index (Phi) is 4.22. The summed E-state index contributed by atoms with van der Waals surface area (Å²) in [5, 5.41) is 1.99. The average Bonchev–Trinajstić information content (AvgIpc) is 3.31. The lowest BCUT2D eigenvalue weighted by Gasteiger charge is -2.40. The van der Waals surface area contributed by atoms with Gasteiger partial charge in [-0.1, -0.05) is 6.07 Å². The highest BCUT2D eigenvalue weighted by Gasteiger charge is 2.42. The lowest BCUT2D eigenvalue weighted by atomic mass is 9.79. The van der Waals surface area contributed by atoms with Crippen LogP contribution in [0.5, 0.6) is 0 Å². The fourth-order valence-electron chi connectivity index (χ4n) is 4.32. The van der Waals surface area contributed by atoms with Crippen LogP contribution in [-0.4, -0.2) is 46.5 Å². The van der Waals surface area contributed by atoms with E-state index in [1.807, 2.05) is 17.5 Å². The maximum absolute atomic E-state index is 12.7. The number of piperidine rings is 1. The Labute approximate surface area is 147 Å². The van der Waals surface area contributed by atoms with E-state index in [1.165, 1.54) is 18.5 Å². The van der Waals surface area contributed by atoms with Crippen molar-refractivity contribution in [3.05, 3.63) is 46.4 Å². The van der Waals surface area contributed by atoms with Crippen molar-refractivity contribution in [1.82, 2.24) is 14.4 Å². The summed E-state index contributed by atoms with van der Waals surface area (Å²) in [4.78, 5) is 18.2. The van der Waals surface area contributed by atoms with Gasteiger partial charge in [-0.2, -0.15) is 0 Å². The van der Waals surface area contributed by atoms with Crippen LogP contribution in [0.1, 0.15) is 34.6 Å². The molecule has 2 fully saturated rings. The van der Waals surface area contributed by atoms with E-state index in [0.717, 1.165) is 44.0 Å². The number of aromatic nitrogens is 1. The number of rotatable bonds is 3. The van der Waals surface area contributed by atoms with Crippen LogP contribution in [0.15, 0.2) is 35.8 Å². The zero-order valence-corrected chi connectivity index (χ0v) is 15.1. The summed E-state index contributed by atoms with van der Waals surface area (Å²) in [6.07, 6.45) is 5.72. The van der Waals surface area contributed by atoms with Gasteiger partial charge in [0.1, 0.15) is 0 Å². The molecule has 2 saturated heterocycles. The number of aryl methyl sites for hydroxylation is 1. The second-order valence-corrected chi connectivity index (χ2v) is 8.33. The smallest absolute Gasteiger partial charge is 0.263 e. The van der Waals surface area contributed by atoms with E-state index in [0.29, 0.717) is 5.41 Å². The third-order valence-electron chi connectivity index (χ3n) is 5.63. The molecule has 0 aliphatic carbocycles. The first-order valence-electron chi connectivity index (χ1n) is 8.81. The highest BCUT2D eigenvalue weighted by molar-refractivity contribution is 7.12. The van der Waals surface area contributed by atoms with E-state index in [1.54, 1.807) is 11.3 Å². The second-order valence-electron chi connectivity index (χ2n) is 7.38. The minimum absolute atomic E-state index is 0.227. The molecular weight excluding hydrogens is 318 g/mol. The van der Waals surface area contributed by atoms with Crippen molar-refractivity contribution in [2.45, 2.75) is 25.8 Å². The summed E-state index contributed by atoms with van der Waals surface area (Å²) in [7, 11) is 2.11. The molecule has 1 amide bonds. The van der Waals surface area contributed by atoms with Gasteiger partial charge in [0.05, 0.1) is 4.88 Å². The molecule has 1 unspecified atom stereocenters. The van der Waals surface area contributed by atoms with Crippen LogP contribution in [-0.2, 0) is 13.6 Å². The van der Waals surface area contributed by atoms with E-state index >= 15 is 0 Å². The minimum atomic E-state index is 0.227. The van der Waals surface area contributed by atoms with Crippen LogP contribution in [0.4, 0.5) is 0 Å². The third kappa shape index (κ3) is 3.03. The number of carbonyl (C=O) groups is 1. The average molecular weight is 343 g/mol. The van der Waals surface area contributed by atoms with Crippen LogP contribution in [0, 0.1) is 5.41 Å². The first-order valence-corrected chi connectivity index (χ1v) is 9.69. The first kappa shape index (κ1) is 15.9. The molecule has 4 rings (SSSR count). The van der Waals surface area contributed by atoms with Crippen molar-refractivity contribution in [1.29, 1.82) is 0 Å². The predicted molar refractivity (Wildman–Crippen MR) is 97.2 cm³/mol. The Morgan fingerprint density at radius 2 is 2.12 bits per heavy atom. The summed E-state index contributed by atoms with van der Waals surface area (Å²) in [6.45, 7) is 5.12. The minimum Gasteiger partial charge on any atom is -0.353 e. The number of nitrogens with zero attached hydrogens (tertiary/aromatic N) is 3. The van der Waals surface area contributed by atoms with Gasteiger partial charge in [0.2, 0.25) is 0 Å². The van der Waals surface area contributed by atoms with Gasteiger partial charge in [-0.25, -0.2) is 0 Å². The third-order valence-corrected chi connectivity index (χ3v) is 6.49. The van der Waals surface area contributed by atoms with Crippen LogP contribution >= 0.6 is 11.3 Å². The number of carbonyl (C=O) groups excluding carboxylic acids is 1. The van der Waals surface area contributed by atoms with Gasteiger partial charge in [-0.05, 0) is 49.4 Å². The molecule has 5 heteroatoms. The van der Waals surface area contributed by atoms with E-state index in [4.69, 9.17) is 0 Å². The molecule has 4 heterocycles. The number of thiophene rings is 1. The quantitative estimate of drug-likeness (QED) is 0.856. The molecule has 0 bridgehead atoms. The molecular formula is C19H25N3OS. The van der Waals surface area contributed by atoms with E-state index in [9.17, 15) is 4.79 Å². The predicted octanol–water partition coefficient (Wildman–Crippen LogP) is 3.21. The Morgan fingerprint density at radius 1 is 1.21 bits per heavy atom. The summed E-state index contributed by atoms with van der Waals surface area (Å²) < 4.78 is 2.21. The summed E-state index contributed by atoms with van der Waals surface area (Å²) in [5.41, 5.74) is 1.67. The molecule has 2 aromatic heterocycles. The summed E-state index contributed by atoms with van der Waals surface area (Å²) in [6, 6.07) is 8.24. The van der Waals surface area contributed by atoms with Crippen molar-refractivity contribution in [3.8, 4) is 0 Å². The molecule has 2 aliphatic rings. The molecule has 2 aromatic rings. The van der Waals surface area contributed by atoms with Crippen LogP contribution in [0.2, 0.25) is 0 Å². The van der Waals surface area contributed by atoms with Gasteiger partial charge in [0.25, 0.3) is 5.91 Å². The maximum atomic E-state index is 12.7. The Hall–Kier alpha value is -1.59. The van der Waals surface area contributed by atoms with E-state index in [-0.39, 0.29) is 5.91 Å². The fraction of sp³-hybridized carbons (Fsp3) is 0.526. The number of likely N-dealkylation sites (tertiary alicyclic amines) is 2. The zero-order chi connectivity index (χ0) is 16.6. The van der Waals surface area contributed by atoms with Crippen molar-refractivity contribution in [2.24, 2.45) is 12.5 Å². The van der Waals surface area contributed by atoms with Gasteiger partial charge < -0.3 is 9.47 Å². The van der Waals surface area contributed by atoms with E-state index in [2.05, 4.69) is 39.7 Å². The van der Waals surface area contributed by atoms with E-state index < -0.39 is 0 Å². The molecule has 0 N–H and O–H groups in total. The lowest BCUT2D eigenvalue weighted by Crippen LogP contribution is -2.47. The molecule has 1 atom stereocenters. The number of hydrogen-bond donors (Lipinski definition) is 0. The highest BCUT2D eigenvalue weighted by Crippen LogP contribution is 2.40.